The molecule has 1 aliphatic carbocycles. The molecule has 6 heteroatoms. The van der Waals surface area contributed by atoms with Crippen molar-refractivity contribution in [1.29, 1.82) is 0 Å². The summed E-state index contributed by atoms with van der Waals surface area (Å²) in [6.45, 7) is 0. The molecule has 0 saturated heterocycles. The molecular formula is C14H15N3O3. The van der Waals surface area contributed by atoms with Gasteiger partial charge in [-0.3, -0.25) is 19.9 Å². The highest BCUT2D eigenvalue weighted by atomic mass is 16.6. The molecule has 1 N–H and O–H groups in total. The van der Waals surface area contributed by atoms with Crippen LogP contribution >= 0.6 is 0 Å². The molecule has 20 heavy (non-hydrogen) atoms. The summed E-state index contributed by atoms with van der Waals surface area (Å²) < 4.78 is 0. The van der Waals surface area contributed by atoms with E-state index in [1.807, 2.05) is 0 Å². The third-order valence-electron chi connectivity index (χ3n) is 4.01. The van der Waals surface area contributed by atoms with Crippen molar-refractivity contribution in [1.82, 2.24) is 5.32 Å². The number of carbonyl (C=O) groups is 1. The van der Waals surface area contributed by atoms with Crippen molar-refractivity contribution in [3.05, 3.63) is 39.9 Å². The van der Waals surface area contributed by atoms with Gasteiger partial charge in [-0.2, -0.15) is 0 Å². The van der Waals surface area contributed by atoms with Gasteiger partial charge in [0.15, 0.2) is 0 Å². The number of nitro benzene ring substituents is 1. The van der Waals surface area contributed by atoms with Crippen LogP contribution in [0.15, 0.2) is 29.3 Å². The summed E-state index contributed by atoms with van der Waals surface area (Å²) in [5, 5.41) is 13.5. The third kappa shape index (κ3) is 2.07. The predicted octanol–water partition coefficient (Wildman–Crippen LogP) is 2.17. The van der Waals surface area contributed by atoms with Crippen molar-refractivity contribution in [2.45, 2.75) is 37.6 Å². The first-order valence-corrected chi connectivity index (χ1v) is 6.77. The molecule has 104 valence electrons. The molecular weight excluding hydrogens is 258 g/mol. The van der Waals surface area contributed by atoms with Crippen molar-refractivity contribution in [2.24, 2.45) is 4.99 Å². The lowest BCUT2D eigenvalue weighted by Crippen LogP contribution is -2.41. The number of carbonyl (C=O) groups excluding carboxylic acids is 1. The summed E-state index contributed by atoms with van der Waals surface area (Å²) in [6, 6.07) is 6.10. The monoisotopic (exact) mass is 273 g/mol. The van der Waals surface area contributed by atoms with Crippen LogP contribution in [0, 0.1) is 10.1 Å². The summed E-state index contributed by atoms with van der Waals surface area (Å²) in [7, 11) is 0. The number of benzene rings is 1. The van der Waals surface area contributed by atoms with Crippen molar-refractivity contribution >= 4 is 17.4 Å². The van der Waals surface area contributed by atoms with Gasteiger partial charge >= 0.3 is 0 Å². The van der Waals surface area contributed by atoms with Crippen LogP contribution in [0.25, 0.3) is 0 Å². The van der Waals surface area contributed by atoms with Gasteiger partial charge < -0.3 is 5.32 Å². The molecule has 3 rings (SSSR count). The van der Waals surface area contributed by atoms with Gasteiger partial charge in [-0.05, 0) is 25.0 Å². The molecule has 1 amide bonds. The van der Waals surface area contributed by atoms with Crippen LogP contribution in [0.3, 0.4) is 0 Å². The Morgan fingerprint density at radius 3 is 2.40 bits per heavy atom. The lowest BCUT2D eigenvalue weighted by atomic mass is 9.82. The maximum Gasteiger partial charge on any atom is 0.269 e. The fourth-order valence-corrected chi connectivity index (χ4v) is 2.87. The van der Waals surface area contributed by atoms with Crippen molar-refractivity contribution in [3.63, 3.8) is 0 Å². The summed E-state index contributed by atoms with van der Waals surface area (Å²) in [6.07, 6.45) is 4.76. The SMILES string of the molecule is O=C1NC(c2ccc([N+](=O)[O-])cc2)=NC12CCCCC2. The van der Waals surface area contributed by atoms with E-state index in [4.69, 9.17) is 0 Å². The molecule has 0 atom stereocenters. The minimum absolute atomic E-state index is 0.0334. The number of nitrogens with one attached hydrogen (secondary N) is 1. The highest BCUT2D eigenvalue weighted by Gasteiger charge is 2.44. The van der Waals surface area contributed by atoms with Crippen molar-refractivity contribution < 1.29 is 9.72 Å². The molecule has 1 saturated carbocycles. The second-order valence-electron chi connectivity index (χ2n) is 5.31. The lowest BCUT2D eigenvalue weighted by molar-refractivity contribution is -0.384. The van der Waals surface area contributed by atoms with E-state index in [1.54, 1.807) is 12.1 Å². The first-order chi connectivity index (χ1) is 9.61. The van der Waals surface area contributed by atoms with E-state index in [-0.39, 0.29) is 11.6 Å². The minimum atomic E-state index is -0.602. The molecule has 1 heterocycles. The first kappa shape index (κ1) is 12.8. The van der Waals surface area contributed by atoms with Gasteiger partial charge in [0, 0.05) is 17.7 Å². The van der Waals surface area contributed by atoms with Crippen LogP contribution < -0.4 is 5.32 Å². The number of hydrogen-bond acceptors (Lipinski definition) is 4. The molecule has 0 radical (unpaired) electrons. The van der Waals surface area contributed by atoms with Crippen molar-refractivity contribution in [2.75, 3.05) is 0 Å². The largest absolute Gasteiger partial charge is 0.308 e. The van der Waals surface area contributed by atoms with Gasteiger partial charge in [-0.25, -0.2) is 0 Å². The molecule has 1 spiro atoms. The fourth-order valence-electron chi connectivity index (χ4n) is 2.87. The van der Waals surface area contributed by atoms with E-state index in [2.05, 4.69) is 10.3 Å². The zero-order valence-electron chi connectivity index (χ0n) is 11.0. The summed E-state index contributed by atoms with van der Waals surface area (Å²) in [5.74, 6) is 0.498. The Balaban J connectivity index is 1.89. The topological polar surface area (TPSA) is 84.6 Å². The predicted molar refractivity (Wildman–Crippen MR) is 73.6 cm³/mol. The Labute approximate surface area is 116 Å². The number of nitrogens with zero attached hydrogens (tertiary/aromatic N) is 2. The van der Waals surface area contributed by atoms with Crippen LogP contribution in [0.2, 0.25) is 0 Å². The van der Waals surface area contributed by atoms with E-state index in [0.717, 1.165) is 32.1 Å². The van der Waals surface area contributed by atoms with Gasteiger partial charge in [0.1, 0.15) is 11.4 Å². The zero-order chi connectivity index (χ0) is 14.2. The van der Waals surface area contributed by atoms with Gasteiger partial charge in [-0.15, -0.1) is 0 Å². The second kappa shape index (κ2) is 4.70. The summed E-state index contributed by atoms with van der Waals surface area (Å²) in [5.41, 5.74) is 0.146. The summed E-state index contributed by atoms with van der Waals surface area (Å²) >= 11 is 0. The summed E-state index contributed by atoms with van der Waals surface area (Å²) in [4.78, 5) is 27.0. The number of aliphatic imine (C=N–C) groups is 1. The van der Waals surface area contributed by atoms with E-state index < -0.39 is 10.5 Å². The molecule has 1 aromatic carbocycles. The maximum absolute atomic E-state index is 12.2. The van der Waals surface area contributed by atoms with E-state index >= 15 is 0 Å². The molecule has 1 aromatic rings. The Morgan fingerprint density at radius 1 is 1.15 bits per heavy atom. The number of hydrogen-bond donors (Lipinski definition) is 1. The van der Waals surface area contributed by atoms with E-state index in [0.29, 0.717) is 11.4 Å². The highest BCUT2D eigenvalue weighted by molar-refractivity contribution is 6.15. The lowest BCUT2D eigenvalue weighted by Gasteiger charge is -2.27. The van der Waals surface area contributed by atoms with Gasteiger partial charge in [-0.1, -0.05) is 19.3 Å². The standard InChI is InChI=1S/C14H15N3O3/c18-13-14(8-2-1-3-9-14)16-12(15-13)10-4-6-11(7-5-10)17(19)20/h4-7H,1-3,8-9H2,(H,15,16,18). The number of nitro groups is 1. The smallest absolute Gasteiger partial charge is 0.269 e. The number of non-ortho nitro benzene ring substituents is 1. The average Bonchev–Trinajstić information content (AvgIpc) is 2.77. The van der Waals surface area contributed by atoms with Gasteiger partial charge in [0.25, 0.3) is 11.6 Å². The van der Waals surface area contributed by atoms with Crippen LogP contribution in [0.1, 0.15) is 37.7 Å². The number of rotatable bonds is 2. The molecule has 0 unspecified atom stereocenters. The van der Waals surface area contributed by atoms with Crippen LogP contribution in [0.4, 0.5) is 5.69 Å². The molecule has 6 nitrogen and oxygen atoms in total. The zero-order valence-corrected chi connectivity index (χ0v) is 11.0. The molecule has 1 aliphatic heterocycles. The quantitative estimate of drug-likeness (QED) is 0.662. The molecule has 0 bridgehead atoms. The van der Waals surface area contributed by atoms with E-state index in [9.17, 15) is 14.9 Å². The Bertz CT molecular complexity index is 586. The maximum atomic E-state index is 12.2. The second-order valence-corrected chi connectivity index (χ2v) is 5.31. The average molecular weight is 273 g/mol. The Morgan fingerprint density at radius 2 is 1.80 bits per heavy atom. The van der Waals surface area contributed by atoms with Crippen LogP contribution in [-0.2, 0) is 4.79 Å². The minimum Gasteiger partial charge on any atom is -0.308 e. The third-order valence-corrected chi connectivity index (χ3v) is 4.01. The number of amidine groups is 1. The Hall–Kier alpha value is -2.24. The Kier molecular flexibility index (Phi) is 3.00. The van der Waals surface area contributed by atoms with Crippen molar-refractivity contribution in [3.8, 4) is 0 Å². The molecule has 2 aliphatic rings. The first-order valence-electron chi connectivity index (χ1n) is 6.77. The molecule has 1 fully saturated rings. The van der Waals surface area contributed by atoms with Gasteiger partial charge in [0.05, 0.1) is 4.92 Å². The van der Waals surface area contributed by atoms with E-state index in [1.165, 1.54) is 12.1 Å². The van der Waals surface area contributed by atoms with Gasteiger partial charge in [0.2, 0.25) is 0 Å². The fraction of sp³-hybridized carbons (Fsp3) is 0.429. The normalized spacial score (nSPS) is 20.6. The highest BCUT2D eigenvalue weighted by Crippen LogP contribution is 2.35. The van der Waals surface area contributed by atoms with Crippen LogP contribution in [-0.4, -0.2) is 22.2 Å². The number of amides is 1. The molecule has 0 aromatic heterocycles. The van der Waals surface area contributed by atoms with Crippen LogP contribution in [0.5, 0.6) is 0 Å².